The van der Waals surface area contributed by atoms with E-state index in [-0.39, 0.29) is 11.4 Å². The molecule has 0 aliphatic carbocycles. The molecule has 4 nitrogen and oxygen atoms in total. The highest BCUT2D eigenvalue weighted by molar-refractivity contribution is 9.10. The molecular formula is C10H13BrClNO3S. The van der Waals surface area contributed by atoms with Crippen LogP contribution in [0, 0.1) is 0 Å². The first-order chi connectivity index (χ1) is 7.75. The van der Waals surface area contributed by atoms with Gasteiger partial charge in [-0.05, 0) is 41.1 Å². The summed E-state index contributed by atoms with van der Waals surface area (Å²) in [5, 5.41) is 9.66. The van der Waals surface area contributed by atoms with Crippen molar-refractivity contribution < 1.29 is 13.5 Å². The van der Waals surface area contributed by atoms with Gasteiger partial charge in [0.1, 0.15) is 0 Å². The van der Waals surface area contributed by atoms with Gasteiger partial charge in [0.25, 0.3) is 0 Å². The van der Waals surface area contributed by atoms with Gasteiger partial charge in [0, 0.05) is 23.1 Å². The van der Waals surface area contributed by atoms with Gasteiger partial charge >= 0.3 is 0 Å². The Bertz CT molecular complexity index is 504. The SMILES string of the molecule is C[C@H](O)CN(C)S(=O)(=O)c1ccc(Cl)cc1Br. The third kappa shape index (κ3) is 3.66. The Balaban J connectivity index is 3.13. The van der Waals surface area contributed by atoms with Crippen LogP contribution in [0.5, 0.6) is 0 Å². The lowest BCUT2D eigenvalue weighted by Crippen LogP contribution is -2.33. The van der Waals surface area contributed by atoms with Crippen LogP contribution < -0.4 is 0 Å². The minimum absolute atomic E-state index is 0.0391. The Morgan fingerprint density at radius 3 is 2.59 bits per heavy atom. The molecule has 0 saturated carbocycles. The van der Waals surface area contributed by atoms with Crippen LogP contribution in [0.25, 0.3) is 0 Å². The quantitative estimate of drug-likeness (QED) is 0.911. The summed E-state index contributed by atoms with van der Waals surface area (Å²) < 4.78 is 25.8. The zero-order chi connectivity index (χ0) is 13.2. The zero-order valence-corrected chi connectivity index (χ0v) is 12.6. The predicted octanol–water partition coefficient (Wildman–Crippen LogP) is 2.10. The Morgan fingerprint density at radius 1 is 1.53 bits per heavy atom. The number of benzene rings is 1. The third-order valence-electron chi connectivity index (χ3n) is 2.10. The van der Waals surface area contributed by atoms with Gasteiger partial charge in [0.15, 0.2) is 0 Å². The molecule has 7 heteroatoms. The van der Waals surface area contributed by atoms with Crippen molar-refractivity contribution in [1.82, 2.24) is 4.31 Å². The van der Waals surface area contributed by atoms with Crippen LogP contribution in [0.1, 0.15) is 6.92 Å². The Kier molecular flexibility index (Phi) is 4.97. The van der Waals surface area contributed by atoms with Crippen molar-refractivity contribution in [2.75, 3.05) is 13.6 Å². The molecular weight excluding hydrogens is 330 g/mol. The van der Waals surface area contributed by atoms with Crippen molar-refractivity contribution in [3.05, 3.63) is 27.7 Å². The van der Waals surface area contributed by atoms with E-state index >= 15 is 0 Å². The van der Waals surface area contributed by atoms with Gasteiger partial charge < -0.3 is 5.11 Å². The van der Waals surface area contributed by atoms with Gasteiger partial charge in [-0.3, -0.25) is 0 Å². The second-order valence-corrected chi connectivity index (χ2v) is 7.01. The van der Waals surface area contributed by atoms with Gasteiger partial charge in [-0.1, -0.05) is 11.6 Å². The van der Waals surface area contributed by atoms with E-state index < -0.39 is 16.1 Å². The average Bonchev–Trinajstić information content (AvgIpc) is 2.15. The van der Waals surface area contributed by atoms with E-state index in [1.807, 2.05) is 0 Å². The van der Waals surface area contributed by atoms with Crippen LogP contribution in [-0.4, -0.2) is 37.5 Å². The van der Waals surface area contributed by atoms with Crippen LogP contribution in [-0.2, 0) is 10.0 Å². The molecule has 0 radical (unpaired) electrons. The molecule has 0 aliphatic rings. The fraction of sp³-hybridized carbons (Fsp3) is 0.400. The summed E-state index contributed by atoms with van der Waals surface area (Å²) in [5.41, 5.74) is 0. The summed E-state index contributed by atoms with van der Waals surface area (Å²) in [6.07, 6.45) is -0.721. The van der Waals surface area contributed by atoms with Crippen molar-refractivity contribution in [3.8, 4) is 0 Å². The van der Waals surface area contributed by atoms with E-state index in [9.17, 15) is 13.5 Å². The standard InChI is InChI=1S/C10H13BrClNO3S/c1-7(14)6-13(2)17(15,16)10-4-3-8(12)5-9(10)11/h3-5,7,14H,6H2,1-2H3/t7-/m0/s1. The van der Waals surface area contributed by atoms with Gasteiger partial charge in [-0.2, -0.15) is 4.31 Å². The summed E-state index contributed by atoms with van der Waals surface area (Å²) in [6.45, 7) is 1.57. The van der Waals surface area contributed by atoms with Gasteiger partial charge in [0.2, 0.25) is 10.0 Å². The van der Waals surface area contributed by atoms with Crippen LogP contribution in [0.3, 0.4) is 0 Å². The van der Waals surface area contributed by atoms with Crippen molar-refractivity contribution in [2.45, 2.75) is 17.9 Å². The number of hydrogen-bond acceptors (Lipinski definition) is 3. The summed E-state index contributed by atoms with van der Waals surface area (Å²) in [5.74, 6) is 0. The van der Waals surface area contributed by atoms with E-state index in [1.165, 1.54) is 32.2 Å². The van der Waals surface area contributed by atoms with Crippen molar-refractivity contribution in [1.29, 1.82) is 0 Å². The highest BCUT2D eigenvalue weighted by Crippen LogP contribution is 2.27. The minimum Gasteiger partial charge on any atom is -0.392 e. The van der Waals surface area contributed by atoms with Gasteiger partial charge in [-0.25, -0.2) is 8.42 Å². The fourth-order valence-electron chi connectivity index (χ4n) is 1.32. The number of nitrogens with zero attached hydrogens (tertiary/aromatic N) is 1. The zero-order valence-electron chi connectivity index (χ0n) is 9.39. The molecule has 1 aromatic carbocycles. The molecule has 0 spiro atoms. The van der Waals surface area contributed by atoms with E-state index in [0.29, 0.717) is 9.50 Å². The number of aliphatic hydroxyl groups excluding tert-OH is 1. The largest absolute Gasteiger partial charge is 0.392 e. The number of halogens is 2. The van der Waals surface area contributed by atoms with Crippen LogP contribution in [0.15, 0.2) is 27.6 Å². The van der Waals surface area contributed by atoms with Gasteiger partial charge in [0.05, 0.1) is 11.0 Å². The number of hydrogen-bond donors (Lipinski definition) is 1. The molecule has 0 amide bonds. The second-order valence-electron chi connectivity index (χ2n) is 3.71. The van der Waals surface area contributed by atoms with Crippen molar-refractivity contribution in [2.24, 2.45) is 0 Å². The number of rotatable bonds is 4. The fourth-order valence-corrected chi connectivity index (χ4v) is 3.91. The second kappa shape index (κ2) is 5.67. The number of sulfonamides is 1. The maximum atomic E-state index is 12.1. The van der Waals surface area contributed by atoms with Crippen molar-refractivity contribution >= 4 is 37.6 Å². The molecule has 0 fully saturated rings. The molecule has 17 heavy (non-hydrogen) atoms. The normalized spacial score (nSPS) is 14.0. The monoisotopic (exact) mass is 341 g/mol. The summed E-state index contributed by atoms with van der Waals surface area (Å²) in [7, 11) is -2.19. The highest BCUT2D eigenvalue weighted by atomic mass is 79.9. The first kappa shape index (κ1) is 14.9. The predicted molar refractivity (Wildman–Crippen MR) is 70.6 cm³/mol. The van der Waals surface area contributed by atoms with Gasteiger partial charge in [-0.15, -0.1) is 0 Å². The maximum Gasteiger partial charge on any atom is 0.244 e. The topological polar surface area (TPSA) is 57.6 Å². The maximum absolute atomic E-state index is 12.1. The highest BCUT2D eigenvalue weighted by Gasteiger charge is 2.24. The van der Waals surface area contributed by atoms with E-state index in [4.69, 9.17) is 11.6 Å². The lowest BCUT2D eigenvalue weighted by atomic mass is 10.4. The molecule has 0 bridgehead atoms. The molecule has 1 N–H and O–H groups in total. The number of likely N-dealkylation sites (N-methyl/N-ethyl adjacent to an activating group) is 1. The van der Waals surface area contributed by atoms with Crippen LogP contribution in [0.2, 0.25) is 5.02 Å². The van der Waals surface area contributed by atoms with E-state index in [0.717, 1.165) is 4.31 Å². The first-order valence-corrected chi connectivity index (χ1v) is 7.45. The lowest BCUT2D eigenvalue weighted by Gasteiger charge is -2.19. The smallest absolute Gasteiger partial charge is 0.244 e. The molecule has 1 atom stereocenters. The van der Waals surface area contributed by atoms with E-state index in [1.54, 1.807) is 0 Å². The summed E-state index contributed by atoms with van der Waals surface area (Å²) >= 11 is 8.92. The molecule has 0 unspecified atom stereocenters. The molecule has 1 rings (SSSR count). The summed E-state index contributed by atoms with van der Waals surface area (Å²) in [6, 6.07) is 4.46. The van der Waals surface area contributed by atoms with Crippen LogP contribution in [0.4, 0.5) is 0 Å². The molecule has 0 saturated heterocycles. The first-order valence-electron chi connectivity index (χ1n) is 4.84. The van der Waals surface area contributed by atoms with E-state index in [2.05, 4.69) is 15.9 Å². The number of aliphatic hydroxyl groups is 1. The Morgan fingerprint density at radius 2 is 2.12 bits per heavy atom. The molecule has 96 valence electrons. The average molecular weight is 343 g/mol. The molecule has 0 heterocycles. The lowest BCUT2D eigenvalue weighted by molar-refractivity contribution is 0.171. The molecule has 0 aromatic heterocycles. The molecule has 0 aliphatic heterocycles. The van der Waals surface area contributed by atoms with Crippen LogP contribution >= 0.6 is 27.5 Å². The summed E-state index contributed by atoms with van der Waals surface area (Å²) in [4.78, 5) is 0.130. The Labute approximate surface area is 114 Å². The Hall–Kier alpha value is -0.140. The molecule has 1 aromatic rings. The minimum atomic E-state index is -3.61. The van der Waals surface area contributed by atoms with Crippen molar-refractivity contribution in [3.63, 3.8) is 0 Å². The third-order valence-corrected chi connectivity index (χ3v) is 5.14.